The first-order chi connectivity index (χ1) is 13.3. The molecule has 0 bridgehead atoms. The van der Waals surface area contributed by atoms with E-state index < -0.39 is 0 Å². The number of ether oxygens (including phenoxy) is 2. The summed E-state index contributed by atoms with van der Waals surface area (Å²) in [7, 11) is 0. The molecule has 0 amide bonds. The molecule has 0 unspecified atom stereocenters. The summed E-state index contributed by atoms with van der Waals surface area (Å²) in [6, 6.07) is 12.5. The van der Waals surface area contributed by atoms with Crippen molar-refractivity contribution in [2.75, 3.05) is 50.0 Å². The number of hydrogen-bond acceptors (Lipinski definition) is 6. The fourth-order valence-corrected chi connectivity index (χ4v) is 3.79. The predicted octanol–water partition coefficient (Wildman–Crippen LogP) is 2.54. The van der Waals surface area contributed by atoms with Crippen molar-refractivity contribution in [2.24, 2.45) is 0 Å². The van der Waals surface area contributed by atoms with E-state index >= 15 is 0 Å². The van der Waals surface area contributed by atoms with Gasteiger partial charge in [-0.3, -0.25) is 4.90 Å². The van der Waals surface area contributed by atoms with Crippen LogP contribution < -0.4 is 15.4 Å². The summed E-state index contributed by atoms with van der Waals surface area (Å²) in [5.41, 5.74) is 8.24. The molecule has 2 aromatic rings. The van der Waals surface area contributed by atoms with Gasteiger partial charge in [0.1, 0.15) is 17.7 Å². The molecule has 2 aliphatic rings. The number of pyridine rings is 1. The van der Waals surface area contributed by atoms with Crippen molar-refractivity contribution in [3.63, 3.8) is 0 Å². The van der Waals surface area contributed by atoms with Gasteiger partial charge in [0.25, 0.3) is 0 Å². The van der Waals surface area contributed by atoms with Crippen LogP contribution in [0.5, 0.6) is 5.75 Å². The van der Waals surface area contributed by atoms with Crippen molar-refractivity contribution in [1.82, 2.24) is 9.88 Å². The minimum absolute atomic E-state index is 0.290. The maximum atomic E-state index is 6.22. The van der Waals surface area contributed by atoms with Crippen molar-refractivity contribution < 1.29 is 9.47 Å². The molecule has 0 aliphatic carbocycles. The first-order valence-corrected chi connectivity index (χ1v) is 9.78. The van der Waals surface area contributed by atoms with E-state index in [1.54, 1.807) is 6.20 Å². The molecule has 1 aromatic heterocycles. The number of hydrogen-bond donors (Lipinski definition) is 1. The molecule has 2 N–H and O–H groups in total. The second-order valence-corrected chi connectivity index (χ2v) is 7.28. The van der Waals surface area contributed by atoms with Gasteiger partial charge in [0, 0.05) is 44.6 Å². The average molecular weight is 368 g/mol. The molecule has 6 heteroatoms. The molecule has 27 heavy (non-hydrogen) atoms. The normalized spacial score (nSPS) is 19.2. The minimum atomic E-state index is 0.290. The van der Waals surface area contributed by atoms with E-state index in [-0.39, 0.29) is 6.10 Å². The van der Waals surface area contributed by atoms with Crippen LogP contribution >= 0.6 is 0 Å². The quantitative estimate of drug-likeness (QED) is 0.875. The lowest BCUT2D eigenvalue weighted by Crippen LogP contribution is -2.37. The third kappa shape index (κ3) is 4.90. The highest BCUT2D eigenvalue weighted by Gasteiger charge is 2.21. The lowest BCUT2D eigenvalue weighted by atomic mass is 10.1. The number of rotatable bonds is 5. The Morgan fingerprint density at radius 3 is 2.48 bits per heavy atom. The second-order valence-electron chi connectivity index (χ2n) is 7.28. The van der Waals surface area contributed by atoms with Crippen LogP contribution in [0.4, 0.5) is 11.5 Å². The van der Waals surface area contributed by atoms with E-state index in [0.29, 0.717) is 5.82 Å². The Hall–Kier alpha value is -2.31. The fraction of sp³-hybridized carbons (Fsp3) is 0.476. The SMILES string of the molecule is Nc1cc(CN2CCC(Oc3ccc(N4CCOCC4)cc3)CC2)ccn1. The average Bonchev–Trinajstić information content (AvgIpc) is 2.71. The highest BCUT2D eigenvalue weighted by molar-refractivity contribution is 5.49. The molecule has 0 radical (unpaired) electrons. The molecule has 2 saturated heterocycles. The Morgan fingerprint density at radius 2 is 1.78 bits per heavy atom. The molecule has 0 saturated carbocycles. The summed E-state index contributed by atoms with van der Waals surface area (Å²) in [6.45, 7) is 6.54. The zero-order valence-electron chi connectivity index (χ0n) is 15.7. The van der Waals surface area contributed by atoms with Crippen LogP contribution in [0.15, 0.2) is 42.6 Å². The van der Waals surface area contributed by atoms with Crippen LogP contribution in [-0.2, 0) is 11.3 Å². The molecule has 3 heterocycles. The van der Waals surface area contributed by atoms with Gasteiger partial charge in [-0.2, -0.15) is 0 Å². The first-order valence-electron chi connectivity index (χ1n) is 9.78. The van der Waals surface area contributed by atoms with Gasteiger partial charge in [-0.05, 0) is 54.8 Å². The van der Waals surface area contributed by atoms with Crippen molar-refractivity contribution in [3.05, 3.63) is 48.2 Å². The monoisotopic (exact) mass is 368 g/mol. The number of nitrogens with zero attached hydrogens (tertiary/aromatic N) is 3. The van der Waals surface area contributed by atoms with E-state index in [0.717, 1.165) is 64.5 Å². The Bertz CT molecular complexity index is 723. The van der Waals surface area contributed by atoms with Gasteiger partial charge in [0.15, 0.2) is 0 Å². The smallest absolute Gasteiger partial charge is 0.123 e. The van der Waals surface area contributed by atoms with E-state index in [1.165, 1.54) is 11.3 Å². The van der Waals surface area contributed by atoms with Crippen LogP contribution in [0.2, 0.25) is 0 Å². The Labute approximate surface area is 160 Å². The summed E-state index contributed by atoms with van der Waals surface area (Å²) < 4.78 is 11.6. The number of nitrogen functional groups attached to an aromatic ring is 1. The van der Waals surface area contributed by atoms with Gasteiger partial charge in [0.05, 0.1) is 13.2 Å². The van der Waals surface area contributed by atoms with Crippen LogP contribution in [0.25, 0.3) is 0 Å². The van der Waals surface area contributed by atoms with Gasteiger partial charge >= 0.3 is 0 Å². The third-order valence-electron chi connectivity index (χ3n) is 5.30. The van der Waals surface area contributed by atoms with Gasteiger partial charge in [0.2, 0.25) is 0 Å². The zero-order valence-corrected chi connectivity index (χ0v) is 15.7. The van der Waals surface area contributed by atoms with E-state index in [4.69, 9.17) is 15.2 Å². The van der Waals surface area contributed by atoms with Crippen LogP contribution in [-0.4, -0.2) is 55.4 Å². The fourth-order valence-electron chi connectivity index (χ4n) is 3.79. The van der Waals surface area contributed by atoms with Gasteiger partial charge in [-0.15, -0.1) is 0 Å². The minimum Gasteiger partial charge on any atom is -0.490 e. The molecular weight excluding hydrogens is 340 g/mol. The van der Waals surface area contributed by atoms with Crippen molar-refractivity contribution in [3.8, 4) is 5.75 Å². The highest BCUT2D eigenvalue weighted by Crippen LogP contribution is 2.24. The Balaban J connectivity index is 1.25. The molecule has 1 aromatic carbocycles. The summed E-state index contributed by atoms with van der Waals surface area (Å²) in [5.74, 6) is 1.55. The highest BCUT2D eigenvalue weighted by atomic mass is 16.5. The molecule has 144 valence electrons. The number of benzene rings is 1. The number of likely N-dealkylation sites (tertiary alicyclic amines) is 1. The predicted molar refractivity (Wildman–Crippen MR) is 107 cm³/mol. The van der Waals surface area contributed by atoms with E-state index in [2.05, 4.69) is 39.0 Å². The number of anilines is 2. The molecule has 2 fully saturated rings. The molecule has 0 atom stereocenters. The molecule has 6 nitrogen and oxygen atoms in total. The van der Waals surface area contributed by atoms with Gasteiger partial charge < -0.3 is 20.1 Å². The largest absolute Gasteiger partial charge is 0.490 e. The second kappa shape index (κ2) is 8.59. The Morgan fingerprint density at radius 1 is 1.04 bits per heavy atom. The number of nitrogens with two attached hydrogens (primary N) is 1. The van der Waals surface area contributed by atoms with Crippen LogP contribution in [0.1, 0.15) is 18.4 Å². The molecular formula is C21H28N4O2. The van der Waals surface area contributed by atoms with Gasteiger partial charge in [-0.1, -0.05) is 0 Å². The maximum absolute atomic E-state index is 6.22. The van der Waals surface area contributed by atoms with E-state index in [1.807, 2.05) is 12.1 Å². The van der Waals surface area contributed by atoms with Gasteiger partial charge in [-0.25, -0.2) is 4.98 Å². The molecule has 2 aliphatic heterocycles. The summed E-state index contributed by atoms with van der Waals surface area (Å²) in [5, 5.41) is 0. The third-order valence-corrected chi connectivity index (χ3v) is 5.30. The lowest BCUT2D eigenvalue weighted by Gasteiger charge is -2.32. The summed E-state index contributed by atoms with van der Waals surface area (Å²) in [4.78, 5) is 8.87. The van der Waals surface area contributed by atoms with Crippen LogP contribution in [0.3, 0.4) is 0 Å². The standard InChI is InChI=1S/C21H28N4O2/c22-21-15-17(5-8-23-21)16-24-9-6-20(7-10-24)27-19-3-1-18(2-4-19)25-11-13-26-14-12-25/h1-5,8,15,20H,6-7,9-14,16H2,(H2,22,23). The first kappa shape index (κ1) is 18.1. The zero-order chi connectivity index (χ0) is 18.5. The summed E-state index contributed by atoms with van der Waals surface area (Å²) >= 11 is 0. The summed E-state index contributed by atoms with van der Waals surface area (Å²) in [6.07, 6.45) is 4.16. The number of aromatic nitrogens is 1. The Kier molecular flexibility index (Phi) is 5.75. The maximum Gasteiger partial charge on any atom is 0.123 e. The van der Waals surface area contributed by atoms with E-state index in [9.17, 15) is 0 Å². The molecule has 4 rings (SSSR count). The number of piperidine rings is 1. The lowest BCUT2D eigenvalue weighted by molar-refractivity contribution is 0.0968. The number of morpholine rings is 1. The molecule has 0 spiro atoms. The van der Waals surface area contributed by atoms with Crippen molar-refractivity contribution in [1.29, 1.82) is 0 Å². The van der Waals surface area contributed by atoms with Crippen LogP contribution in [0, 0.1) is 0 Å². The van der Waals surface area contributed by atoms with Crippen molar-refractivity contribution >= 4 is 11.5 Å². The topological polar surface area (TPSA) is 63.8 Å². The van der Waals surface area contributed by atoms with Crippen molar-refractivity contribution in [2.45, 2.75) is 25.5 Å².